The molecule has 15 rings (SSSR count). The molecular formula is C68H62BN3S2. The number of thiazole rings is 1. The van der Waals surface area contributed by atoms with Gasteiger partial charge in [-0.15, -0.1) is 22.7 Å². The maximum Gasteiger partial charge on any atom is 0.333 e. The molecule has 3 nitrogen and oxygen atoms in total. The first-order valence-corrected chi connectivity index (χ1v) is 28.6. The summed E-state index contributed by atoms with van der Waals surface area (Å²) in [7, 11) is 0. The molecule has 11 aromatic rings. The van der Waals surface area contributed by atoms with Gasteiger partial charge in [0.25, 0.3) is 0 Å². The smallest absolute Gasteiger partial charge is 0.333 e. The summed E-state index contributed by atoms with van der Waals surface area (Å²) >= 11 is 3.79. The molecule has 0 radical (unpaired) electrons. The van der Waals surface area contributed by atoms with E-state index in [4.69, 9.17) is 4.98 Å². The van der Waals surface area contributed by atoms with E-state index in [9.17, 15) is 0 Å². The molecule has 0 saturated heterocycles. The van der Waals surface area contributed by atoms with Crippen LogP contribution in [-0.4, -0.2) is 16.4 Å². The molecule has 3 aromatic heterocycles. The van der Waals surface area contributed by atoms with E-state index < -0.39 is 0 Å². The van der Waals surface area contributed by atoms with Crippen molar-refractivity contribution >= 4 is 104 Å². The van der Waals surface area contributed by atoms with Crippen LogP contribution in [0.4, 0.5) is 11.4 Å². The van der Waals surface area contributed by atoms with E-state index in [1.54, 1.807) is 0 Å². The van der Waals surface area contributed by atoms with Gasteiger partial charge in [-0.25, -0.2) is 4.98 Å². The summed E-state index contributed by atoms with van der Waals surface area (Å²) in [5.41, 5.74) is 25.3. The second kappa shape index (κ2) is 14.5. The molecule has 0 unspecified atom stereocenters. The van der Waals surface area contributed by atoms with Crippen LogP contribution in [0.2, 0.25) is 0 Å². The van der Waals surface area contributed by atoms with Crippen molar-refractivity contribution in [2.24, 2.45) is 0 Å². The van der Waals surface area contributed by atoms with Gasteiger partial charge < -0.3 is 9.38 Å². The molecule has 0 saturated carbocycles. The molecule has 0 amide bonds. The monoisotopic (exact) mass is 995 g/mol. The highest BCUT2D eigenvalue weighted by Crippen LogP contribution is 2.60. The number of anilines is 2. The van der Waals surface area contributed by atoms with E-state index in [2.05, 4.69) is 226 Å². The fraction of sp³-hybridized carbons (Fsp3) is 0.279. The van der Waals surface area contributed by atoms with Crippen LogP contribution in [0.15, 0.2) is 133 Å². The standard InChI is InChI=1S/C68H62BN3S2/c1-64(2,3)38-22-25-40(26-23-38)72-52-35-55-42(43-32-47-48(33-54(43)73-55)67(9,10)29-28-66(47,7)8)31-45(52)58-57-41-20-16-17-21-46(41)68(11,12)60(57)59-44-30-39(65(4,5)6)24-27-51(44)71-53-36-56-50(34-49(53)69(72)61(58)62(59)71)70-63(74-56)37-18-14-13-15-19-37/h13-27,30-36H,28-29H2,1-12H3. The van der Waals surface area contributed by atoms with Crippen LogP contribution in [0.25, 0.3) is 90.7 Å². The number of hydrogen-bond donors (Lipinski definition) is 0. The number of hydrogen-bond acceptors (Lipinski definition) is 4. The molecule has 0 fully saturated rings. The summed E-state index contributed by atoms with van der Waals surface area (Å²) in [6, 6.07) is 52.6. The van der Waals surface area contributed by atoms with Crippen LogP contribution in [0.1, 0.15) is 129 Å². The molecule has 6 heteroatoms. The summed E-state index contributed by atoms with van der Waals surface area (Å²) in [6.45, 7) is 28.8. The van der Waals surface area contributed by atoms with Crippen LogP contribution in [0.3, 0.4) is 0 Å². The molecular weight excluding hydrogens is 934 g/mol. The Hall–Kier alpha value is -6.47. The fourth-order valence-corrected chi connectivity index (χ4v) is 16.3. The largest absolute Gasteiger partial charge is 0.376 e. The van der Waals surface area contributed by atoms with Gasteiger partial charge in [-0.05, 0) is 156 Å². The van der Waals surface area contributed by atoms with Crippen molar-refractivity contribution in [2.45, 2.75) is 123 Å². The summed E-state index contributed by atoms with van der Waals surface area (Å²) in [6.07, 6.45) is 2.39. The first-order chi connectivity index (χ1) is 35.2. The third kappa shape index (κ3) is 5.93. The predicted molar refractivity (Wildman–Crippen MR) is 322 cm³/mol. The van der Waals surface area contributed by atoms with E-state index in [1.165, 1.54) is 143 Å². The van der Waals surface area contributed by atoms with Crippen LogP contribution in [0.5, 0.6) is 0 Å². The number of rotatable bonds is 2. The Morgan fingerprint density at radius 2 is 1.20 bits per heavy atom. The highest BCUT2D eigenvalue weighted by molar-refractivity contribution is 7.26. The van der Waals surface area contributed by atoms with E-state index >= 15 is 0 Å². The third-order valence-electron chi connectivity index (χ3n) is 18.3. The molecule has 2 aliphatic heterocycles. The summed E-state index contributed by atoms with van der Waals surface area (Å²) < 4.78 is 6.64. The van der Waals surface area contributed by atoms with E-state index in [0.29, 0.717) is 0 Å². The molecule has 0 atom stereocenters. The van der Waals surface area contributed by atoms with Crippen LogP contribution >= 0.6 is 22.7 Å². The minimum Gasteiger partial charge on any atom is -0.376 e. The molecule has 364 valence electrons. The summed E-state index contributed by atoms with van der Waals surface area (Å²) in [5, 5.41) is 6.55. The Morgan fingerprint density at radius 3 is 1.93 bits per heavy atom. The fourth-order valence-electron chi connectivity index (χ4n) is 14.2. The van der Waals surface area contributed by atoms with Crippen molar-refractivity contribution < 1.29 is 0 Å². The Labute approximate surface area is 444 Å². The van der Waals surface area contributed by atoms with E-state index in [0.717, 1.165) is 16.1 Å². The highest BCUT2D eigenvalue weighted by Gasteiger charge is 2.50. The maximum absolute atomic E-state index is 5.49. The van der Waals surface area contributed by atoms with Crippen LogP contribution in [-0.2, 0) is 27.1 Å². The van der Waals surface area contributed by atoms with Crippen molar-refractivity contribution in [3.05, 3.63) is 167 Å². The van der Waals surface area contributed by atoms with Gasteiger partial charge in [0.15, 0.2) is 0 Å². The summed E-state index contributed by atoms with van der Waals surface area (Å²) in [5.74, 6) is 0. The topological polar surface area (TPSA) is 21.1 Å². The lowest BCUT2D eigenvalue weighted by Gasteiger charge is -2.43. The highest BCUT2D eigenvalue weighted by atomic mass is 32.1. The van der Waals surface area contributed by atoms with Gasteiger partial charge in [0.05, 0.1) is 21.3 Å². The van der Waals surface area contributed by atoms with Gasteiger partial charge in [-0.3, -0.25) is 0 Å². The SMILES string of the molecule is CC(C)(C)c1ccc(N2B3c4cc5nc(-c6ccccc6)sc5cc4-n4c5ccc(C(C)(C)C)cc5c5c6c(c(c3c54)-c3cc4c(cc32)sc2cc3c(cc24)C(C)(C)CCC3(C)C)-c2ccccc2C6(C)C)cc1. The van der Waals surface area contributed by atoms with Crippen LogP contribution in [0, 0.1) is 0 Å². The lowest BCUT2D eigenvalue weighted by Crippen LogP contribution is -2.60. The molecule has 0 N–H and O–H groups in total. The number of aromatic nitrogens is 2. The Morgan fingerprint density at radius 1 is 0.554 bits per heavy atom. The third-order valence-corrected chi connectivity index (χ3v) is 20.5. The Bertz CT molecular complexity index is 4300. The second-order valence-electron chi connectivity index (χ2n) is 26.2. The molecule has 8 aromatic carbocycles. The number of benzene rings is 8. The lowest BCUT2D eigenvalue weighted by atomic mass is 9.43. The van der Waals surface area contributed by atoms with Gasteiger partial charge in [0.1, 0.15) is 5.01 Å². The van der Waals surface area contributed by atoms with E-state index in [-0.39, 0.29) is 33.9 Å². The van der Waals surface area contributed by atoms with Crippen molar-refractivity contribution in [1.29, 1.82) is 0 Å². The normalized spacial score (nSPS) is 16.8. The lowest BCUT2D eigenvalue weighted by molar-refractivity contribution is 0.332. The maximum atomic E-state index is 5.49. The zero-order valence-electron chi connectivity index (χ0n) is 44.9. The zero-order chi connectivity index (χ0) is 50.9. The van der Waals surface area contributed by atoms with Gasteiger partial charge in [0.2, 0.25) is 0 Å². The molecule has 0 bridgehead atoms. The van der Waals surface area contributed by atoms with Gasteiger partial charge >= 0.3 is 6.85 Å². The molecule has 74 heavy (non-hydrogen) atoms. The van der Waals surface area contributed by atoms with Crippen molar-refractivity contribution in [2.75, 3.05) is 4.81 Å². The minimum absolute atomic E-state index is 0.0142. The Balaban J connectivity index is 1.15. The second-order valence-corrected chi connectivity index (χ2v) is 28.3. The first-order valence-electron chi connectivity index (χ1n) is 26.9. The first kappa shape index (κ1) is 45.0. The molecule has 2 aliphatic carbocycles. The quantitative estimate of drug-likeness (QED) is 0.161. The van der Waals surface area contributed by atoms with Crippen molar-refractivity contribution in [3.63, 3.8) is 0 Å². The van der Waals surface area contributed by atoms with Gasteiger partial charge in [0, 0.05) is 64.5 Å². The number of thiophene rings is 1. The van der Waals surface area contributed by atoms with Gasteiger partial charge in [-0.1, -0.05) is 156 Å². The summed E-state index contributed by atoms with van der Waals surface area (Å²) in [4.78, 5) is 8.24. The van der Waals surface area contributed by atoms with Crippen molar-refractivity contribution in [3.8, 4) is 38.5 Å². The average Bonchev–Trinajstić information content (AvgIpc) is 4.11. The van der Waals surface area contributed by atoms with Crippen LogP contribution < -0.4 is 15.7 Å². The minimum atomic E-state index is -0.267. The Kier molecular flexibility index (Phi) is 8.79. The number of nitrogens with zero attached hydrogens (tertiary/aromatic N) is 3. The molecule has 5 heterocycles. The van der Waals surface area contributed by atoms with Crippen molar-refractivity contribution in [1.82, 2.24) is 9.55 Å². The molecule has 0 spiro atoms. The van der Waals surface area contributed by atoms with E-state index in [1.807, 2.05) is 22.7 Å². The number of fused-ring (bicyclic) bond motifs is 18. The van der Waals surface area contributed by atoms with Gasteiger partial charge in [-0.2, -0.15) is 0 Å². The predicted octanol–water partition coefficient (Wildman–Crippen LogP) is 17.9. The average molecular weight is 996 g/mol. The molecule has 4 aliphatic rings. The zero-order valence-corrected chi connectivity index (χ0v) is 46.5.